The van der Waals surface area contributed by atoms with Crippen molar-refractivity contribution in [2.75, 3.05) is 0 Å². The predicted molar refractivity (Wildman–Crippen MR) is 96.7 cm³/mol. The number of hydrogen-bond donors (Lipinski definition) is 1. The smallest absolute Gasteiger partial charge is 0.271 e. The van der Waals surface area contributed by atoms with Crippen molar-refractivity contribution in [2.45, 2.75) is 6.54 Å². The van der Waals surface area contributed by atoms with E-state index in [1.54, 1.807) is 11.4 Å². The fourth-order valence-corrected chi connectivity index (χ4v) is 3.38. The number of halogens is 1. The van der Waals surface area contributed by atoms with Crippen molar-refractivity contribution in [1.82, 2.24) is 24.9 Å². The van der Waals surface area contributed by atoms with E-state index in [-0.39, 0.29) is 12.5 Å². The molecular weight excluding hydrogens is 358 g/mol. The molecule has 25 heavy (non-hydrogen) atoms. The van der Waals surface area contributed by atoms with E-state index in [2.05, 4.69) is 20.5 Å². The van der Waals surface area contributed by atoms with Gasteiger partial charge in [-0.1, -0.05) is 29.8 Å². The molecule has 1 amide bonds. The first-order valence-corrected chi connectivity index (χ1v) is 8.75. The van der Waals surface area contributed by atoms with E-state index in [4.69, 9.17) is 11.6 Å². The maximum atomic E-state index is 12.3. The van der Waals surface area contributed by atoms with Gasteiger partial charge in [0.05, 0.1) is 6.54 Å². The minimum absolute atomic E-state index is 0.253. The summed E-state index contributed by atoms with van der Waals surface area (Å²) >= 11 is 7.40. The van der Waals surface area contributed by atoms with Crippen LogP contribution in [0.2, 0.25) is 5.02 Å². The molecule has 4 rings (SSSR count). The van der Waals surface area contributed by atoms with Crippen molar-refractivity contribution in [3.63, 3.8) is 0 Å². The van der Waals surface area contributed by atoms with Crippen LogP contribution in [0.5, 0.6) is 0 Å². The molecule has 6 nitrogen and oxygen atoms in total. The summed E-state index contributed by atoms with van der Waals surface area (Å²) in [5.74, 6) is 0.409. The van der Waals surface area contributed by atoms with Gasteiger partial charge >= 0.3 is 0 Å². The lowest BCUT2D eigenvalue weighted by atomic mass is 10.2. The number of amides is 1. The van der Waals surface area contributed by atoms with Crippen LogP contribution in [0.1, 0.15) is 16.3 Å². The summed E-state index contributed by atoms with van der Waals surface area (Å²) in [5, 5.41) is 14.1. The number of benzene rings is 1. The van der Waals surface area contributed by atoms with Crippen LogP contribution >= 0.6 is 22.9 Å². The first-order valence-electron chi connectivity index (χ1n) is 7.49. The van der Waals surface area contributed by atoms with Crippen LogP contribution in [0.25, 0.3) is 16.2 Å². The topological polar surface area (TPSA) is 72.2 Å². The lowest BCUT2D eigenvalue weighted by Gasteiger charge is -2.02. The van der Waals surface area contributed by atoms with Gasteiger partial charge in [0.1, 0.15) is 10.7 Å². The van der Waals surface area contributed by atoms with E-state index in [1.807, 2.05) is 47.0 Å². The molecule has 3 aromatic heterocycles. The molecule has 0 spiro atoms. The zero-order chi connectivity index (χ0) is 17.2. The minimum atomic E-state index is -0.253. The van der Waals surface area contributed by atoms with E-state index in [1.165, 1.54) is 11.3 Å². The third-order valence-corrected chi connectivity index (χ3v) is 4.73. The van der Waals surface area contributed by atoms with Gasteiger partial charge in [0.15, 0.2) is 11.5 Å². The molecule has 0 bridgehead atoms. The number of pyridine rings is 1. The van der Waals surface area contributed by atoms with Crippen LogP contribution in [-0.4, -0.2) is 25.5 Å². The summed E-state index contributed by atoms with van der Waals surface area (Å²) in [5.41, 5.74) is 2.00. The van der Waals surface area contributed by atoms with Gasteiger partial charge in [0.25, 0.3) is 5.91 Å². The molecule has 0 aliphatic heterocycles. The van der Waals surface area contributed by atoms with Crippen molar-refractivity contribution in [3.8, 4) is 10.6 Å². The molecule has 0 saturated carbocycles. The van der Waals surface area contributed by atoms with Gasteiger partial charge in [0.2, 0.25) is 0 Å². The molecule has 0 aliphatic carbocycles. The minimum Gasteiger partial charge on any atom is -0.343 e. The van der Waals surface area contributed by atoms with E-state index in [0.717, 1.165) is 16.2 Å². The second kappa shape index (κ2) is 6.62. The summed E-state index contributed by atoms with van der Waals surface area (Å²) in [7, 11) is 0. The average Bonchev–Trinajstić information content (AvgIpc) is 3.27. The van der Waals surface area contributed by atoms with Crippen molar-refractivity contribution in [2.24, 2.45) is 0 Å². The first-order chi connectivity index (χ1) is 12.2. The number of carbonyl (C=O) groups excluding carboxylic acids is 1. The number of nitrogens with zero attached hydrogens (tertiary/aromatic N) is 4. The molecule has 0 atom stereocenters. The SMILES string of the molecule is O=C(NCc1nnc2ccccn12)c1csc(-c2cccc(Cl)c2)n1. The van der Waals surface area contributed by atoms with Crippen LogP contribution in [0.4, 0.5) is 0 Å². The highest BCUT2D eigenvalue weighted by Crippen LogP contribution is 2.26. The summed E-state index contributed by atoms with van der Waals surface area (Å²) in [4.78, 5) is 16.7. The number of aromatic nitrogens is 4. The van der Waals surface area contributed by atoms with E-state index in [0.29, 0.717) is 16.5 Å². The zero-order valence-corrected chi connectivity index (χ0v) is 14.5. The Bertz CT molecular complexity index is 1060. The summed E-state index contributed by atoms with van der Waals surface area (Å²) in [6.45, 7) is 0.272. The summed E-state index contributed by atoms with van der Waals surface area (Å²) in [6.07, 6.45) is 1.86. The highest BCUT2D eigenvalue weighted by atomic mass is 35.5. The van der Waals surface area contributed by atoms with Crippen LogP contribution < -0.4 is 5.32 Å². The summed E-state index contributed by atoms with van der Waals surface area (Å²) < 4.78 is 1.83. The van der Waals surface area contributed by atoms with Crippen LogP contribution in [0.15, 0.2) is 54.0 Å². The molecular formula is C17H12ClN5OS. The van der Waals surface area contributed by atoms with Crippen LogP contribution in [-0.2, 0) is 6.54 Å². The largest absolute Gasteiger partial charge is 0.343 e. The molecule has 3 heterocycles. The molecule has 0 unspecified atom stereocenters. The quantitative estimate of drug-likeness (QED) is 0.598. The van der Waals surface area contributed by atoms with Crippen molar-refractivity contribution in [3.05, 3.63) is 70.6 Å². The van der Waals surface area contributed by atoms with Gasteiger partial charge in [-0.25, -0.2) is 4.98 Å². The average molecular weight is 370 g/mol. The fourth-order valence-electron chi connectivity index (χ4n) is 2.39. The lowest BCUT2D eigenvalue weighted by molar-refractivity contribution is 0.0945. The van der Waals surface area contributed by atoms with Gasteiger partial charge in [-0.2, -0.15) is 0 Å². The third-order valence-electron chi connectivity index (χ3n) is 3.60. The molecule has 4 aromatic rings. The third kappa shape index (κ3) is 3.24. The van der Waals surface area contributed by atoms with Gasteiger partial charge < -0.3 is 5.32 Å². The maximum absolute atomic E-state index is 12.3. The number of hydrogen-bond acceptors (Lipinski definition) is 5. The Morgan fingerprint density at radius 3 is 3.00 bits per heavy atom. The molecule has 0 aliphatic rings. The Balaban J connectivity index is 1.48. The normalized spacial score (nSPS) is 10.9. The van der Waals surface area contributed by atoms with Crippen molar-refractivity contribution >= 4 is 34.5 Å². The summed E-state index contributed by atoms with van der Waals surface area (Å²) in [6, 6.07) is 13.0. The Morgan fingerprint density at radius 1 is 1.20 bits per heavy atom. The van der Waals surface area contributed by atoms with Gasteiger partial charge in [-0.05, 0) is 24.3 Å². The second-order valence-corrected chi connectivity index (χ2v) is 6.57. The molecule has 8 heteroatoms. The molecule has 0 saturated heterocycles. The van der Waals surface area contributed by atoms with Crippen molar-refractivity contribution < 1.29 is 4.79 Å². The van der Waals surface area contributed by atoms with E-state index >= 15 is 0 Å². The number of carbonyl (C=O) groups is 1. The second-order valence-electron chi connectivity index (χ2n) is 5.28. The van der Waals surface area contributed by atoms with Crippen molar-refractivity contribution in [1.29, 1.82) is 0 Å². The Hall–Kier alpha value is -2.77. The van der Waals surface area contributed by atoms with Gasteiger partial charge in [-0.3, -0.25) is 9.20 Å². The van der Waals surface area contributed by atoms with E-state index < -0.39 is 0 Å². The fraction of sp³-hybridized carbons (Fsp3) is 0.0588. The molecule has 1 N–H and O–H groups in total. The highest BCUT2D eigenvalue weighted by molar-refractivity contribution is 7.13. The standard InChI is InChI=1S/C17H12ClN5OS/c18-12-5-3-4-11(8-12)17-20-13(10-25-17)16(24)19-9-15-22-21-14-6-1-2-7-23(14)15/h1-8,10H,9H2,(H,19,24). The molecule has 1 aromatic carbocycles. The van der Waals surface area contributed by atoms with E-state index in [9.17, 15) is 4.79 Å². The highest BCUT2D eigenvalue weighted by Gasteiger charge is 2.13. The Kier molecular flexibility index (Phi) is 4.17. The molecule has 124 valence electrons. The van der Waals surface area contributed by atoms with Crippen LogP contribution in [0.3, 0.4) is 0 Å². The first kappa shape index (κ1) is 15.7. The maximum Gasteiger partial charge on any atom is 0.271 e. The number of rotatable bonds is 4. The Labute approximate surface area is 152 Å². The Morgan fingerprint density at radius 2 is 2.12 bits per heavy atom. The number of nitrogens with one attached hydrogen (secondary N) is 1. The lowest BCUT2D eigenvalue weighted by Crippen LogP contribution is -2.24. The number of thiazole rings is 1. The monoisotopic (exact) mass is 369 g/mol. The number of fused-ring (bicyclic) bond motifs is 1. The van der Waals surface area contributed by atoms with Gasteiger partial charge in [0, 0.05) is 22.2 Å². The molecule has 0 radical (unpaired) electrons. The van der Waals surface area contributed by atoms with Gasteiger partial charge in [-0.15, -0.1) is 21.5 Å². The van der Waals surface area contributed by atoms with Crippen LogP contribution in [0, 0.1) is 0 Å². The molecule has 0 fully saturated rings. The predicted octanol–water partition coefficient (Wildman–Crippen LogP) is 3.44. The zero-order valence-electron chi connectivity index (χ0n) is 12.9.